The monoisotopic (exact) mass is 267 g/mol. The summed E-state index contributed by atoms with van der Waals surface area (Å²) in [6, 6.07) is 11.5. The topological polar surface area (TPSA) is 45.2 Å². The zero-order chi connectivity index (χ0) is 13.9. The molecule has 1 aromatic heterocycles. The molecule has 0 saturated heterocycles. The van der Waals surface area contributed by atoms with Crippen LogP contribution in [0.25, 0.3) is 0 Å². The van der Waals surface area contributed by atoms with Gasteiger partial charge in [0, 0.05) is 30.2 Å². The summed E-state index contributed by atoms with van der Waals surface area (Å²) in [6.45, 7) is 2.80. The Morgan fingerprint density at radius 1 is 1.25 bits per heavy atom. The Kier molecular flexibility index (Phi) is 3.37. The molecule has 1 amide bonds. The van der Waals surface area contributed by atoms with Gasteiger partial charge in [0.05, 0.1) is 5.56 Å². The summed E-state index contributed by atoms with van der Waals surface area (Å²) in [6.07, 6.45) is 4.33. The van der Waals surface area contributed by atoms with E-state index < -0.39 is 0 Å². The lowest BCUT2D eigenvalue weighted by Gasteiger charge is -2.37. The third-order valence-corrected chi connectivity index (χ3v) is 3.49. The number of para-hydroxylation sites is 1. The lowest BCUT2D eigenvalue weighted by atomic mass is 10.0. The van der Waals surface area contributed by atoms with Gasteiger partial charge in [-0.1, -0.05) is 25.1 Å². The molecule has 3 rings (SSSR count). The number of hydrogen-bond acceptors (Lipinski definition) is 3. The standard InChI is InChI=1S/C16H17N3O/c1-2-10-19-15(12-6-5-9-17-11-12)18-14-8-4-3-7-13(14)16(19)20/h3-9,11,15,18H,2,10H2,1H3. The van der Waals surface area contributed by atoms with Crippen molar-refractivity contribution < 1.29 is 4.79 Å². The van der Waals surface area contributed by atoms with Crippen molar-refractivity contribution in [1.29, 1.82) is 0 Å². The molecule has 2 aromatic rings. The van der Waals surface area contributed by atoms with Gasteiger partial charge in [-0.3, -0.25) is 9.78 Å². The van der Waals surface area contributed by atoms with Gasteiger partial charge in [-0.05, 0) is 24.6 Å². The van der Waals surface area contributed by atoms with Crippen molar-refractivity contribution in [3.63, 3.8) is 0 Å². The average molecular weight is 267 g/mol. The summed E-state index contributed by atoms with van der Waals surface area (Å²) in [7, 11) is 0. The number of nitrogens with zero attached hydrogens (tertiary/aromatic N) is 2. The minimum atomic E-state index is -0.147. The third-order valence-electron chi connectivity index (χ3n) is 3.49. The minimum absolute atomic E-state index is 0.0788. The summed E-state index contributed by atoms with van der Waals surface area (Å²) in [5, 5.41) is 3.44. The highest BCUT2D eigenvalue weighted by molar-refractivity contribution is 6.01. The van der Waals surface area contributed by atoms with E-state index in [9.17, 15) is 4.79 Å². The first-order valence-corrected chi connectivity index (χ1v) is 6.87. The number of pyridine rings is 1. The van der Waals surface area contributed by atoms with Crippen LogP contribution in [0.4, 0.5) is 5.69 Å². The largest absolute Gasteiger partial charge is 0.361 e. The predicted octanol–water partition coefficient (Wildman–Crippen LogP) is 3.06. The quantitative estimate of drug-likeness (QED) is 0.929. The molecule has 4 heteroatoms. The number of benzene rings is 1. The number of carbonyl (C=O) groups excluding carboxylic acids is 1. The Balaban J connectivity index is 2.03. The summed E-state index contributed by atoms with van der Waals surface area (Å²) >= 11 is 0. The molecule has 1 aliphatic heterocycles. The number of carbonyl (C=O) groups is 1. The van der Waals surface area contributed by atoms with E-state index in [4.69, 9.17) is 0 Å². The third kappa shape index (κ3) is 2.13. The molecular formula is C16H17N3O. The maximum Gasteiger partial charge on any atom is 0.257 e. The van der Waals surface area contributed by atoms with Crippen LogP contribution < -0.4 is 5.32 Å². The van der Waals surface area contributed by atoms with Crippen LogP contribution in [-0.2, 0) is 0 Å². The van der Waals surface area contributed by atoms with Gasteiger partial charge in [-0.2, -0.15) is 0 Å². The van der Waals surface area contributed by atoms with Crippen molar-refractivity contribution in [1.82, 2.24) is 9.88 Å². The van der Waals surface area contributed by atoms with Gasteiger partial charge in [0.1, 0.15) is 6.17 Å². The van der Waals surface area contributed by atoms with Gasteiger partial charge in [0.15, 0.2) is 0 Å². The van der Waals surface area contributed by atoms with Crippen LogP contribution >= 0.6 is 0 Å². The Morgan fingerprint density at radius 3 is 2.85 bits per heavy atom. The van der Waals surface area contributed by atoms with Crippen LogP contribution in [-0.4, -0.2) is 22.3 Å². The molecule has 102 valence electrons. The molecule has 1 N–H and O–H groups in total. The SMILES string of the molecule is CCCN1C(=O)c2ccccc2NC1c1cccnc1. The molecular weight excluding hydrogens is 250 g/mol. The van der Waals surface area contributed by atoms with Crippen molar-refractivity contribution in [2.75, 3.05) is 11.9 Å². The summed E-state index contributed by atoms with van der Waals surface area (Å²) < 4.78 is 0. The highest BCUT2D eigenvalue weighted by atomic mass is 16.2. The summed E-state index contributed by atoms with van der Waals surface area (Å²) in [5.74, 6) is 0.0788. The number of anilines is 1. The van der Waals surface area contributed by atoms with Gasteiger partial charge in [-0.25, -0.2) is 0 Å². The number of aromatic nitrogens is 1. The highest BCUT2D eigenvalue weighted by Gasteiger charge is 2.31. The second-order valence-corrected chi connectivity index (χ2v) is 4.88. The molecule has 4 nitrogen and oxygen atoms in total. The lowest BCUT2D eigenvalue weighted by Crippen LogP contribution is -2.43. The second kappa shape index (κ2) is 5.33. The van der Waals surface area contributed by atoms with Crippen molar-refractivity contribution in [3.8, 4) is 0 Å². The molecule has 0 bridgehead atoms. The van der Waals surface area contributed by atoms with Crippen molar-refractivity contribution in [2.45, 2.75) is 19.5 Å². The van der Waals surface area contributed by atoms with E-state index in [-0.39, 0.29) is 12.1 Å². The van der Waals surface area contributed by atoms with Crippen LogP contribution in [0.1, 0.15) is 35.4 Å². The highest BCUT2D eigenvalue weighted by Crippen LogP contribution is 2.32. The number of hydrogen-bond donors (Lipinski definition) is 1. The van der Waals surface area contributed by atoms with Gasteiger partial charge >= 0.3 is 0 Å². The van der Waals surface area contributed by atoms with Crippen LogP contribution in [0.15, 0.2) is 48.8 Å². The van der Waals surface area contributed by atoms with Gasteiger partial charge in [0.2, 0.25) is 0 Å². The Morgan fingerprint density at radius 2 is 2.10 bits per heavy atom. The number of fused-ring (bicyclic) bond motifs is 1. The van der Waals surface area contributed by atoms with E-state index >= 15 is 0 Å². The molecule has 1 atom stereocenters. The minimum Gasteiger partial charge on any atom is -0.361 e. The van der Waals surface area contributed by atoms with Gasteiger partial charge in [0.25, 0.3) is 5.91 Å². The lowest BCUT2D eigenvalue weighted by molar-refractivity contribution is 0.0683. The van der Waals surface area contributed by atoms with E-state index in [1.807, 2.05) is 47.5 Å². The number of nitrogens with one attached hydrogen (secondary N) is 1. The Bertz CT molecular complexity index is 612. The Labute approximate surface area is 118 Å². The van der Waals surface area contributed by atoms with Gasteiger partial charge in [-0.15, -0.1) is 0 Å². The maximum absolute atomic E-state index is 12.7. The molecule has 0 fully saturated rings. The smallest absolute Gasteiger partial charge is 0.257 e. The fourth-order valence-corrected chi connectivity index (χ4v) is 2.57. The average Bonchev–Trinajstić information content (AvgIpc) is 2.51. The molecule has 1 aliphatic rings. The van der Waals surface area contributed by atoms with E-state index in [2.05, 4.69) is 17.2 Å². The molecule has 0 radical (unpaired) electrons. The zero-order valence-corrected chi connectivity index (χ0v) is 11.4. The van der Waals surface area contributed by atoms with Crippen molar-refractivity contribution in [2.24, 2.45) is 0 Å². The van der Waals surface area contributed by atoms with E-state index in [1.54, 1.807) is 6.20 Å². The fourth-order valence-electron chi connectivity index (χ4n) is 2.57. The van der Waals surface area contributed by atoms with Crippen LogP contribution in [0, 0.1) is 0 Å². The molecule has 1 aromatic carbocycles. The first kappa shape index (κ1) is 12.7. The maximum atomic E-state index is 12.7. The van der Waals surface area contributed by atoms with Crippen molar-refractivity contribution in [3.05, 3.63) is 59.9 Å². The molecule has 2 heterocycles. The van der Waals surface area contributed by atoms with Crippen LogP contribution in [0.5, 0.6) is 0 Å². The molecule has 1 unspecified atom stereocenters. The van der Waals surface area contributed by atoms with Crippen molar-refractivity contribution >= 4 is 11.6 Å². The normalized spacial score (nSPS) is 17.6. The number of rotatable bonds is 3. The zero-order valence-electron chi connectivity index (χ0n) is 11.4. The van der Waals surface area contributed by atoms with Gasteiger partial charge < -0.3 is 10.2 Å². The predicted molar refractivity (Wildman–Crippen MR) is 78.4 cm³/mol. The van der Waals surface area contributed by atoms with E-state index in [0.29, 0.717) is 0 Å². The first-order valence-electron chi connectivity index (χ1n) is 6.87. The van der Waals surface area contributed by atoms with Crippen LogP contribution in [0.2, 0.25) is 0 Å². The Hall–Kier alpha value is -2.36. The second-order valence-electron chi connectivity index (χ2n) is 4.88. The molecule has 0 aliphatic carbocycles. The fraction of sp³-hybridized carbons (Fsp3) is 0.250. The molecule has 20 heavy (non-hydrogen) atoms. The van der Waals surface area contributed by atoms with E-state index in [0.717, 1.165) is 29.8 Å². The molecule has 0 spiro atoms. The summed E-state index contributed by atoms with van der Waals surface area (Å²) in [5.41, 5.74) is 2.63. The number of amides is 1. The first-order chi connectivity index (χ1) is 9.81. The molecule has 0 saturated carbocycles. The summed E-state index contributed by atoms with van der Waals surface area (Å²) in [4.78, 5) is 18.7. The van der Waals surface area contributed by atoms with E-state index in [1.165, 1.54) is 0 Å². The van der Waals surface area contributed by atoms with Crippen LogP contribution in [0.3, 0.4) is 0 Å².